The Balaban J connectivity index is 1.68. The van der Waals surface area contributed by atoms with Crippen LogP contribution in [0.4, 0.5) is 5.88 Å². The summed E-state index contributed by atoms with van der Waals surface area (Å²) in [6.07, 6.45) is -0.180. The molecular weight excluding hydrogens is 366 g/mol. The van der Waals surface area contributed by atoms with Crippen molar-refractivity contribution in [2.45, 2.75) is 6.29 Å². The van der Waals surface area contributed by atoms with Gasteiger partial charge in [-0.05, 0) is 30.3 Å². The molecule has 142 valence electrons. The lowest BCUT2D eigenvalue weighted by atomic mass is 10.3. The molecule has 0 aliphatic rings. The van der Waals surface area contributed by atoms with Crippen LogP contribution < -0.4 is 14.9 Å². The predicted octanol–water partition coefficient (Wildman–Crippen LogP) is 3.12. The third-order valence-corrected chi connectivity index (χ3v) is 3.35. The summed E-state index contributed by atoms with van der Waals surface area (Å²) in [5.41, 5.74) is 2.26. The standard InChI is InChI=1S/C19H15N3O6/c23-18(21-20-13-16-11-12-17(26-16)22(24)25)19(27-14-7-3-1-4-8-14)28-15-9-5-2-6-10-15/h1-13,19H,(H,21,23)/b20-13-. The van der Waals surface area contributed by atoms with E-state index in [4.69, 9.17) is 13.9 Å². The van der Waals surface area contributed by atoms with Crippen molar-refractivity contribution >= 4 is 18.0 Å². The molecule has 0 aliphatic carbocycles. The molecule has 0 saturated carbocycles. The molecule has 0 bridgehead atoms. The van der Waals surface area contributed by atoms with Gasteiger partial charge in [-0.25, -0.2) is 5.43 Å². The molecule has 1 heterocycles. The number of nitro groups is 1. The second kappa shape index (κ2) is 8.99. The van der Waals surface area contributed by atoms with Gasteiger partial charge in [0.25, 0.3) is 0 Å². The van der Waals surface area contributed by atoms with Gasteiger partial charge in [0.1, 0.15) is 16.4 Å². The average Bonchev–Trinajstić information content (AvgIpc) is 3.18. The maximum absolute atomic E-state index is 12.4. The first-order valence-electron chi connectivity index (χ1n) is 8.12. The Bertz CT molecular complexity index is 915. The molecule has 1 aromatic heterocycles. The zero-order valence-electron chi connectivity index (χ0n) is 14.4. The Morgan fingerprint density at radius 3 is 2.07 bits per heavy atom. The van der Waals surface area contributed by atoms with E-state index in [1.807, 2.05) is 12.1 Å². The van der Waals surface area contributed by atoms with E-state index < -0.39 is 23.0 Å². The van der Waals surface area contributed by atoms with Crippen LogP contribution in [0, 0.1) is 10.1 Å². The van der Waals surface area contributed by atoms with Crippen LogP contribution in [0.5, 0.6) is 11.5 Å². The summed E-state index contributed by atoms with van der Waals surface area (Å²) >= 11 is 0. The molecule has 0 atom stereocenters. The van der Waals surface area contributed by atoms with Crippen LogP contribution in [-0.2, 0) is 4.79 Å². The number of para-hydroxylation sites is 2. The summed E-state index contributed by atoms with van der Waals surface area (Å²) < 4.78 is 16.1. The van der Waals surface area contributed by atoms with Gasteiger partial charge in [0.05, 0.1) is 12.3 Å². The lowest BCUT2D eigenvalue weighted by Crippen LogP contribution is -2.40. The molecule has 0 spiro atoms. The summed E-state index contributed by atoms with van der Waals surface area (Å²) in [7, 11) is 0. The number of benzene rings is 2. The van der Waals surface area contributed by atoms with Crippen LogP contribution >= 0.6 is 0 Å². The van der Waals surface area contributed by atoms with Gasteiger partial charge in [0.2, 0.25) is 0 Å². The average molecular weight is 381 g/mol. The molecule has 0 unspecified atom stereocenters. The highest BCUT2D eigenvalue weighted by molar-refractivity contribution is 5.82. The van der Waals surface area contributed by atoms with Crippen molar-refractivity contribution in [2.24, 2.45) is 5.10 Å². The lowest BCUT2D eigenvalue weighted by Gasteiger charge is -2.18. The number of nitrogens with one attached hydrogen (secondary N) is 1. The molecule has 1 amide bonds. The van der Waals surface area contributed by atoms with E-state index in [0.717, 1.165) is 6.21 Å². The van der Waals surface area contributed by atoms with Crippen molar-refractivity contribution in [1.29, 1.82) is 0 Å². The van der Waals surface area contributed by atoms with Crippen molar-refractivity contribution in [3.63, 3.8) is 0 Å². The second-order valence-electron chi connectivity index (χ2n) is 5.36. The summed E-state index contributed by atoms with van der Waals surface area (Å²) in [4.78, 5) is 22.4. The van der Waals surface area contributed by atoms with Crippen LogP contribution in [0.25, 0.3) is 0 Å². The minimum absolute atomic E-state index is 0.108. The number of hydrogen-bond acceptors (Lipinski definition) is 7. The van der Waals surface area contributed by atoms with Gasteiger partial charge in [-0.2, -0.15) is 5.10 Å². The molecule has 0 saturated heterocycles. The largest absolute Gasteiger partial charge is 0.446 e. The molecule has 2 aromatic carbocycles. The Hall–Kier alpha value is -4.14. The maximum atomic E-state index is 12.4. The van der Waals surface area contributed by atoms with E-state index in [1.165, 1.54) is 12.1 Å². The Morgan fingerprint density at radius 2 is 1.57 bits per heavy atom. The normalized spacial score (nSPS) is 10.8. The number of carbonyl (C=O) groups is 1. The Kier molecular flexibility index (Phi) is 5.99. The third-order valence-electron chi connectivity index (χ3n) is 3.35. The van der Waals surface area contributed by atoms with Crippen LogP contribution in [0.3, 0.4) is 0 Å². The second-order valence-corrected chi connectivity index (χ2v) is 5.36. The SMILES string of the molecule is O=C(N/N=C\c1ccc([N+](=O)[O-])o1)C(Oc1ccccc1)Oc1ccccc1. The number of rotatable bonds is 8. The molecule has 0 aliphatic heterocycles. The van der Waals surface area contributed by atoms with Gasteiger partial charge in [-0.1, -0.05) is 36.4 Å². The first-order chi connectivity index (χ1) is 13.6. The first kappa shape index (κ1) is 18.6. The predicted molar refractivity (Wildman–Crippen MR) is 99.0 cm³/mol. The van der Waals surface area contributed by atoms with E-state index in [0.29, 0.717) is 11.5 Å². The first-order valence-corrected chi connectivity index (χ1v) is 8.12. The molecule has 3 aromatic rings. The molecular formula is C19H15N3O6. The summed E-state index contributed by atoms with van der Waals surface area (Å²) in [6, 6.07) is 19.9. The number of hydrogen-bond donors (Lipinski definition) is 1. The molecule has 9 nitrogen and oxygen atoms in total. The van der Waals surface area contributed by atoms with E-state index in [1.54, 1.807) is 48.5 Å². The van der Waals surface area contributed by atoms with Crippen molar-refractivity contribution in [3.8, 4) is 11.5 Å². The maximum Gasteiger partial charge on any atom is 0.433 e. The van der Waals surface area contributed by atoms with Gasteiger partial charge in [-0.15, -0.1) is 0 Å². The monoisotopic (exact) mass is 381 g/mol. The highest BCUT2D eigenvalue weighted by Crippen LogP contribution is 2.16. The number of ether oxygens (including phenoxy) is 2. The minimum atomic E-state index is -1.31. The zero-order valence-corrected chi connectivity index (χ0v) is 14.4. The van der Waals surface area contributed by atoms with Gasteiger partial charge in [-0.3, -0.25) is 14.9 Å². The van der Waals surface area contributed by atoms with Crippen LogP contribution in [0.2, 0.25) is 0 Å². The minimum Gasteiger partial charge on any atom is -0.446 e. The Morgan fingerprint density at radius 1 is 1.00 bits per heavy atom. The van der Waals surface area contributed by atoms with E-state index in [2.05, 4.69) is 10.5 Å². The van der Waals surface area contributed by atoms with Gasteiger partial charge in [0.15, 0.2) is 5.76 Å². The molecule has 1 N–H and O–H groups in total. The highest BCUT2D eigenvalue weighted by Gasteiger charge is 2.22. The van der Waals surface area contributed by atoms with Gasteiger partial charge >= 0.3 is 18.1 Å². The molecule has 9 heteroatoms. The smallest absolute Gasteiger partial charge is 0.433 e. The lowest BCUT2D eigenvalue weighted by molar-refractivity contribution is -0.402. The molecule has 0 fully saturated rings. The van der Waals surface area contributed by atoms with E-state index in [9.17, 15) is 14.9 Å². The zero-order chi connectivity index (χ0) is 19.8. The quantitative estimate of drug-likeness (QED) is 0.277. The Labute approximate surface area is 159 Å². The topological polar surface area (TPSA) is 116 Å². The van der Waals surface area contributed by atoms with Crippen molar-refractivity contribution in [3.05, 3.63) is 88.7 Å². The third kappa shape index (κ3) is 5.18. The van der Waals surface area contributed by atoms with Crippen LogP contribution in [0.1, 0.15) is 5.76 Å². The molecule has 28 heavy (non-hydrogen) atoms. The van der Waals surface area contributed by atoms with E-state index in [-0.39, 0.29) is 5.76 Å². The van der Waals surface area contributed by atoms with Crippen LogP contribution in [-0.4, -0.2) is 23.3 Å². The molecule has 0 radical (unpaired) electrons. The highest BCUT2D eigenvalue weighted by atomic mass is 16.7. The fraction of sp³-hybridized carbons (Fsp3) is 0.0526. The number of hydrazone groups is 1. The van der Waals surface area contributed by atoms with Gasteiger partial charge < -0.3 is 13.9 Å². The number of nitrogens with zero attached hydrogens (tertiary/aromatic N) is 2. The van der Waals surface area contributed by atoms with Crippen molar-refractivity contribution in [1.82, 2.24) is 5.43 Å². The fourth-order valence-electron chi connectivity index (χ4n) is 2.10. The number of amides is 1. The summed E-state index contributed by atoms with van der Waals surface area (Å²) in [5, 5.41) is 14.3. The molecule has 3 rings (SSSR count). The van der Waals surface area contributed by atoms with E-state index >= 15 is 0 Å². The number of carbonyl (C=O) groups excluding carboxylic acids is 1. The van der Waals surface area contributed by atoms with Crippen molar-refractivity contribution < 1.29 is 23.6 Å². The fourth-order valence-corrected chi connectivity index (χ4v) is 2.10. The van der Waals surface area contributed by atoms with Crippen LogP contribution in [0.15, 0.2) is 82.3 Å². The van der Waals surface area contributed by atoms with Gasteiger partial charge in [0, 0.05) is 0 Å². The summed E-state index contributed by atoms with van der Waals surface area (Å²) in [6.45, 7) is 0. The number of furan rings is 1. The van der Waals surface area contributed by atoms with Crippen molar-refractivity contribution in [2.75, 3.05) is 0 Å². The summed E-state index contributed by atoms with van der Waals surface area (Å²) in [5.74, 6) is -0.125.